The molecule has 142 valence electrons. The summed E-state index contributed by atoms with van der Waals surface area (Å²) in [6.07, 6.45) is 5.83. The van der Waals surface area contributed by atoms with E-state index >= 15 is 0 Å². The third-order valence-electron chi connectivity index (χ3n) is 4.81. The molecule has 1 fully saturated rings. The van der Waals surface area contributed by atoms with Crippen LogP contribution in [0.5, 0.6) is 0 Å². The second kappa shape index (κ2) is 9.21. The zero-order valence-electron chi connectivity index (χ0n) is 16.7. The summed E-state index contributed by atoms with van der Waals surface area (Å²) < 4.78 is 5.84. The van der Waals surface area contributed by atoms with Crippen molar-refractivity contribution >= 4 is 5.91 Å². The van der Waals surface area contributed by atoms with Gasteiger partial charge in [-0.2, -0.15) is 0 Å². The average Bonchev–Trinajstić information content (AvgIpc) is 2.55. The van der Waals surface area contributed by atoms with Crippen LogP contribution in [-0.2, 0) is 16.1 Å². The fourth-order valence-electron chi connectivity index (χ4n) is 3.73. The average molecular weight is 357 g/mol. The van der Waals surface area contributed by atoms with Crippen LogP contribution in [0, 0.1) is 25.2 Å². The van der Waals surface area contributed by atoms with Gasteiger partial charge >= 0.3 is 0 Å². The highest BCUT2D eigenvalue weighted by atomic mass is 16.5. The molecule has 0 aliphatic carbocycles. The van der Waals surface area contributed by atoms with Gasteiger partial charge in [0.1, 0.15) is 0 Å². The number of benzene rings is 1. The quantitative estimate of drug-likeness (QED) is 0.735. The number of terminal acetylenes is 1. The van der Waals surface area contributed by atoms with Crippen LogP contribution in [0.15, 0.2) is 24.3 Å². The summed E-state index contributed by atoms with van der Waals surface area (Å²) in [4.78, 5) is 17.5. The Labute approximate surface area is 158 Å². The summed E-state index contributed by atoms with van der Waals surface area (Å²) in [5, 5.41) is 0. The molecular formula is C22H32N2O2. The van der Waals surface area contributed by atoms with Gasteiger partial charge in [0, 0.05) is 19.6 Å². The van der Waals surface area contributed by atoms with Gasteiger partial charge in [-0.15, -0.1) is 6.42 Å². The van der Waals surface area contributed by atoms with E-state index < -0.39 is 0 Å². The highest BCUT2D eigenvalue weighted by Gasteiger charge is 2.36. The molecule has 2 rings (SSSR count). The van der Waals surface area contributed by atoms with E-state index in [-0.39, 0.29) is 30.1 Å². The van der Waals surface area contributed by atoms with Gasteiger partial charge in [-0.25, -0.2) is 0 Å². The number of hydrogen-bond acceptors (Lipinski definition) is 3. The fourth-order valence-corrected chi connectivity index (χ4v) is 3.73. The van der Waals surface area contributed by atoms with Crippen LogP contribution in [-0.4, -0.2) is 53.6 Å². The lowest BCUT2D eigenvalue weighted by Crippen LogP contribution is -2.57. The van der Waals surface area contributed by atoms with E-state index in [0.717, 1.165) is 18.7 Å². The van der Waals surface area contributed by atoms with Crippen LogP contribution in [0.2, 0.25) is 0 Å². The first-order valence-electron chi connectivity index (χ1n) is 9.49. The third kappa shape index (κ3) is 5.33. The van der Waals surface area contributed by atoms with Crippen molar-refractivity contribution in [1.29, 1.82) is 0 Å². The van der Waals surface area contributed by atoms with Crippen molar-refractivity contribution in [3.05, 3.63) is 35.4 Å². The summed E-state index contributed by atoms with van der Waals surface area (Å²) in [7, 11) is 0. The van der Waals surface area contributed by atoms with Crippen molar-refractivity contribution in [1.82, 2.24) is 9.80 Å². The van der Waals surface area contributed by atoms with Gasteiger partial charge in [-0.05, 0) is 32.3 Å². The molecule has 1 aromatic carbocycles. The molecule has 0 N–H and O–H groups in total. The highest BCUT2D eigenvalue weighted by molar-refractivity contribution is 5.82. The zero-order chi connectivity index (χ0) is 19.3. The molecule has 4 heteroatoms. The van der Waals surface area contributed by atoms with Crippen molar-refractivity contribution in [3.8, 4) is 12.3 Å². The number of rotatable bonds is 6. The number of carbonyl (C=O) groups excluding carboxylic acids is 1. The number of ether oxygens (including phenoxy) is 1. The van der Waals surface area contributed by atoms with Gasteiger partial charge in [0.25, 0.3) is 0 Å². The Hall–Kier alpha value is -1.83. The van der Waals surface area contributed by atoms with E-state index in [9.17, 15) is 4.79 Å². The van der Waals surface area contributed by atoms with Gasteiger partial charge in [-0.3, -0.25) is 9.69 Å². The highest BCUT2D eigenvalue weighted by Crippen LogP contribution is 2.21. The van der Waals surface area contributed by atoms with Crippen LogP contribution >= 0.6 is 0 Å². The Kier molecular flexibility index (Phi) is 7.25. The molecule has 1 aliphatic rings. The largest absolute Gasteiger partial charge is 0.373 e. The fraction of sp³-hybridized carbons (Fsp3) is 0.591. The molecule has 1 saturated heterocycles. The van der Waals surface area contributed by atoms with Crippen LogP contribution in [0.3, 0.4) is 0 Å². The van der Waals surface area contributed by atoms with Crippen molar-refractivity contribution in [2.24, 2.45) is 5.92 Å². The van der Waals surface area contributed by atoms with Gasteiger partial charge in [0.05, 0.1) is 24.8 Å². The molecule has 1 amide bonds. The molecular weight excluding hydrogens is 324 g/mol. The van der Waals surface area contributed by atoms with E-state index in [1.54, 1.807) is 4.90 Å². The second-order valence-electron chi connectivity index (χ2n) is 7.78. The first-order chi connectivity index (χ1) is 12.3. The number of amides is 1. The van der Waals surface area contributed by atoms with Gasteiger partial charge < -0.3 is 9.64 Å². The first kappa shape index (κ1) is 20.5. The van der Waals surface area contributed by atoms with E-state index in [2.05, 4.69) is 69.7 Å². The Bertz CT molecular complexity index is 623. The van der Waals surface area contributed by atoms with E-state index in [1.807, 2.05) is 0 Å². The molecule has 0 saturated carbocycles. The van der Waals surface area contributed by atoms with E-state index in [0.29, 0.717) is 13.1 Å². The number of nitrogens with zero attached hydrogens (tertiary/aromatic N) is 2. The van der Waals surface area contributed by atoms with Crippen LogP contribution in [0.25, 0.3) is 0 Å². The van der Waals surface area contributed by atoms with Crippen molar-refractivity contribution in [3.63, 3.8) is 0 Å². The normalized spacial score (nSPS) is 22.0. The number of aryl methyl sites for hydroxylation is 1. The minimum atomic E-state index is -0.178. The Morgan fingerprint density at radius 1 is 1.27 bits per heavy atom. The molecule has 0 aromatic heterocycles. The van der Waals surface area contributed by atoms with Crippen LogP contribution in [0.1, 0.15) is 38.8 Å². The molecule has 3 unspecified atom stereocenters. The summed E-state index contributed by atoms with van der Waals surface area (Å²) >= 11 is 0. The predicted molar refractivity (Wildman–Crippen MR) is 106 cm³/mol. The first-order valence-corrected chi connectivity index (χ1v) is 9.49. The minimum absolute atomic E-state index is 0.111. The Morgan fingerprint density at radius 3 is 2.35 bits per heavy atom. The van der Waals surface area contributed by atoms with Crippen LogP contribution in [0.4, 0.5) is 0 Å². The van der Waals surface area contributed by atoms with Crippen molar-refractivity contribution in [2.75, 3.05) is 19.6 Å². The molecule has 0 radical (unpaired) electrons. The Morgan fingerprint density at radius 2 is 1.85 bits per heavy atom. The molecule has 26 heavy (non-hydrogen) atoms. The van der Waals surface area contributed by atoms with Gasteiger partial charge in [-0.1, -0.05) is 49.6 Å². The molecule has 4 nitrogen and oxygen atoms in total. The lowest BCUT2D eigenvalue weighted by molar-refractivity contribution is -0.145. The number of morpholine rings is 1. The maximum absolute atomic E-state index is 13.4. The standard InChI is InChI=1S/C22H32N2O2/c1-7-12-23(15-20-10-8-17(4)9-11-20)22(25)21(16(2)3)24-13-18(5)26-19(6)14-24/h1,8-11,16,18-19,21H,12-15H2,2-6H3. The molecule has 1 heterocycles. The van der Waals surface area contributed by atoms with E-state index in [1.165, 1.54) is 5.56 Å². The van der Waals surface area contributed by atoms with Crippen molar-refractivity contribution < 1.29 is 9.53 Å². The zero-order valence-corrected chi connectivity index (χ0v) is 16.7. The van der Waals surface area contributed by atoms with Crippen molar-refractivity contribution in [2.45, 2.75) is 59.4 Å². The summed E-state index contributed by atoms with van der Waals surface area (Å²) in [6, 6.07) is 8.09. The lowest BCUT2D eigenvalue weighted by Gasteiger charge is -2.42. The Balaban J connectivity index is 2.20. The summed E-state index contributed by atoms with van der Waals surface area (Å²) in [5.74, 6) is 2.97. The molecule has 3 atom stereocenters. The lowest BCUT2D eigenvalue weighted by atomic mass is 9.98. The molecule has 0 spiro atoms. The second-order valence-corrected chi connectivity index (χ2v) is 7.78. The van der Waals surface area contributed by atoms with Gasteiger partial charge in [0.2, 0.25) is 5.91 Å². The van der Waals surface area contributed by atoms with E-state index in [4.69, 9.17) is 11.2 Å². The maximum Gasteiger partial charge on any atom is 0.241 e. The predicted octanol–water partition coefficient (Wildman–Crippen LogP) is 3.09. The van der Waals surface area contributed by atoms with Gasteiger partial charge in [0.15, 0.2) is 0 Å². The summed E-state index contributed by atoms with van der Waals surface area (Å²) in [6.45, 7) is 12.8. The SMILES string of the molecule is C#CCN(Cc1ccc(C)cc1)C(=O)C(C(C)C)N1CC(C)OC(C)C1. The molecule has 0 bridgehead atoms. The number of carbonyl (C=O) groups is 1. The molecule has 1 aromatic rings. The summed E-state index contributed by atoms with van der Waals surface area (Å²) in [5.41, 5.74) is 2.31. The smallest absolute Gasteiger partial charge is 0.241 e. The maximum atomic E-state index is 13.4. The van der Waals surface area contributed by atoms with Crippen LogP contribution < -0.4 is 0 Å². The molecule has 1 aliphatic heterocycles. The topological polar surface area (TPSA) is 32.8 Å². The minimum Gasteiger partial charge on any atom is -0.373 e. The number of hydrogen-bond donors (Lipinski definition) is 0. The third-order valence-corrected chi connectivity index (χ3v) is 4.81. The monoisotopic (exact) mass is 356 g/mol.